The van der Waals surface area contributed by atoms with Crippen molar-refractivity contribution in [3.8, 4) is 11.1 Å². The zero-order valence-electron chi connectivity index (χ0n) is 7.86. The van der Waals surface area contributed by atoms with E-state index >= 15 is 0 Å². The van der Waals surface area contributed by atoms with E-state index in [2.05, 4.69) is 19.1 Å². The summed E-state index contributed by atoms with van der Waals surface area (Å²) in [5.41, 5.74) is 3.38. The Morgan fingerprint density at radius 3 is 2.50 bits per heavy atom. The van der Waals surface area contributed by atoms with Gasteiger partial charge in [-0.25, -0.2) is 0 Å². The highest BCUT2D eigenvalue weighted by molar-refractivity contribution is 7.12. The van der Waals surface area contributed by atoms with Crippen molar-refractivity contribution >= 4 is 17.6 Å². The van der Waals surface area contributed by atoms with E-state index < -0.39 is 0 Å². The maximum atomic E-state index is 10.7. The molecule has 2 heteroatoms. The number of carbonyl (C=O) groups is 1. The van der Waals surface area contributed by atoms with E-state index in [9.17, 15) is 4.79 Å². The number of hydrogen-bond donors (Lipinski definition) is 0. The largest absolute Gasteiger partial charge is 0.297 e. The highest BCUT2D eigenvalue weighted by Crippen LogP contribution is 2.26. The quantitative estimate of drug-likeness (QED) is 0.681. The van der Waals surface area contributed by atoms with Gasteiger partial charge in [0, 0.05) is 5.56 Å². The van der Waals surface area contributed by atoms with Crippen molar-refractivity contribution in [2.24, 2.45) is 0 Å². The van der Waals surface area contributed by atoms with Crippen LogP contribution in [0.25, 0.3) is 11.1 Å². The van der Waals surface area contributed by atoms with Gasteiger partial charge in [0.2, 0.25) is 0 Å². The fraction of sp³-hybridized carbons (Fsp3) is 0.0833. The predicted octanol–water partition coefficient (Wildman–Crippen LogP) is 3.54. The monoisotopic (exact) mass is 202 g/mol. The van der Waals surface area contributed by atoms with Crippen LogP contribution in [0.1, 0.15) is 15.2 Å². The summed E-state index contributed by atoms with van der Waals surface area (Å²) in [6.45, 7) is 2.05. The molecule has 1 heterocycles. The molecular formula is C12H10OS. The summed E-state index contributed by atoms with van der Waals surface area (Å²) >= 11 is 1.48. The molecule has 0 atom stereocenters. The van der Waals surface area contributed by atoms with Crippen molar-refractivity contribution in [3.05, 3.63) is 46.2 Å². The molecule has 0 unspecified atom stereocenters. The molecule has 70 valence electrons. The van der Waals surface area contributed by atoms with Crippen LogP contribution in [0, 0.1) is 6.92 Å². The molecule has 0 saturated carbocycles. The third kappa shape index (κ3) is 1.61. The van der Waals surface area contributed by atoms with E-state index in [0.29, 0.717) is 0 Å². The second-order valence-electron chi connectivity index (χ2n) is 3.18. The molecule has 0 bridgehead atoms. The number of benzene rings is 1. The number of hydrogen-bond acceptors (Lipinski definition) is 2. The van der Waals surface area contributed by atoms with Gasteiger partial charge in [-0.2, -0.15) is 0 Å². The first-order valence-corrected chi connectivity index (χ1v) is 5.29. The molecule has 1 nitrogen and oxygen atoms in total. The first kappa shape index (κ1) is 9.16. The number of rotatable bonds is 2. The average Bonchev–Trinajstić information content (AvgIpc) is 2.67. The van der Waals surface area contributed by atoms with Gasteiger partial charge in [0.1, 0.15) is 0 Å². The molecule has 14 heavy (non-hydrogen) atoms. The Balaban J connectivity index is 2.49. The smallest absolute Gasteiger partial charge is 0.160 e. The van der Waals surface area contributed by atoms with E-state index in [1.165, 1.54) is 16.9 Å². The Bertz CT molecular complexity index is 440. The molecule has 1 aromatic carbocycles. The number of carbonyl (C=O) groups excluding carboxylic acids is 1. The van der Waals surface area contributed by atoms with Crippen LogP contribution < -0.4 is 0 Å². The van der Waals surface area contributed by atoms with Gasteiger partial charge in [-0.3, -0.25) is 4.79 Å². The summed E-state index contributed by atoms with van der Waals surface area (Å²) in [6.07, 6.45) is 0.917. The topological polar surface area (TPSA) is 17.1 Å². The second-order valence-corrected chi connectivity index (χ2v) is 4.13. The van der Waals surface area contributed by atoms with Crippen LogP contribution in [0.5, 0.6) is 0 Å². The van der Waals surface area contributed by atoms with Crippen molar-refractivity contribution in [3.63, 3.8) is 0 Å². The van der Waals surface area contributed by atoms with E-state index in [4.69, 9.17) is 0 Å². The Hall–Kier alpha value is -1.41. The van der Waals surface area contributed by atoms with E-state index in [0.717, 1.165) is 22.3 Å². The first-order chi connectivity index (χ1) is 6.81. The zero-order valence-corrected chi connectivity index (χ0v) is 8.67. The SMILES string of the molecule is Cc1ccc(-c2ccsc2C=O)cc1. The van der Waals surface area contributed by atoms with Gasteiger partial charge < -0.3 is 0 Å². The second kappa shape index (κ2) is 3.76. The van der Waals surface area contributed by atoms with Crippen molar-refractivity contribution in [1.82, 2.24) is 0 Å². The zero-order chi connectivity index (χ0) is 9.97. The molecular weight excluding hydrogens is 192 g/mol. The third-order valence-electron chi connectivity index (χ3n) is 2.16. The van der Waals surface area contributed by atoms with Crippen LogP contribution in [-0.2, 0) is 0 Å². The van der Waals surface area contributed by atoms with Gasteiger partial charge in [-0.1, -0.05) is 29.8 Å². The Morgan fingerprint density at radius 2 is 1.86 bits per heavy atom. The summed E-state index contributed by atoms with van der Waals surface area (Å²) in [7, 11) is 0. The maximum Gasteiger partial charge on any atom is 0.160 e. The Kier molecular flexibility index (Phi) is 2.46. The minimum absolute atomic E-state index is 0.800. The van der Waals surface area contributed by atoms with Gasteiger partial charge in [0.25, 0.3) is 0 Å². The van der Waals surface area contributed by atoms with Crippen LogP contribution >= 0.6 is 11.3 Å². The molecule has 0 aliphatic rings. The van der Waals surface area contributed by atoms with E-state index in [-0.39, 0.29) is 0 Å². The molecule has 0 N–H and O–H groups in total. The fourth-order valence-corrected chi connectivity index (χ4v) is 2.10. The summed E-state index contributed by atoms with van der Waals surface area (Å²) < 4.78 is 0. The van der Waals surface area contributed by atoms with Crippen molar-refractivity contribution in [2.75, 3.05) is 0 Å². The normalized spacial score (nSPS) is 10.1. The highest BCUT2D eigenvalue weighted by atomic mass is 32.1. The third-order valence-corrected chi connectivity index (χ3v) is 3.01. The standard InChI is InChI=1S/C12H10OS/c1-9-2-4-10(5-3-9)11-6-7-14-12(11)8-13/h2-8H,1H3. The summed E-state index contributed by atoms with van der Waals surface area (Å²) in [5, 5.41) is 1.94. The van der Waals surface area contributed by atoms with Gasteiger partial charge in [0.05, 0.1) is 4.88 Å². The van der Waals surface area contributed by atoms with Crippen molar-refractivity contribution in [1.29, 1.82) is 0 Å². The molecule has 0 saturated heterocycles. The Labute approximate surface area is 87.0 Å². The van der Waals surface area contributed by atoms with Crippen LogP contribution in [0.15, 0.2) is 35.7 Å². The molecule has 0 aliphatic heterocycles. The lowest BCUT2D eigenvalue weighted by molar-refractivity contribution is 0.112. The van der Waals surface area contributed by atoms with Crippen LogP contribution in [0.4, 0.5) is 0 Å². The van der Waals surface area contributed by atoms with Gasteiger partial charge >= 0.3 is 0 Å². The lowest BCUT2D eigenvalue weighted by Gasteiger charge is -1.99. The Morgan fingerprint density at radius 1 is 1.14 bits per heavy atom. The fourth-order valence-electron chi connectivity index (χ4n) is 1.38. The van der Waals surface area contributed by atoms with Crippen molar-refractivity contribution in [2.45, 2.75) is 6.92 Å². The molecule has 0 radical (unpaired) electrons. The lowest BCUT2D eigenvalue weighted by Crippen LogP contribution is -1.80. The number of thiophene rings is 1. The van der Waals surface area contributed by atoms with Crippen molar-refractivity contribution < 1.29 is 4.79 Å². The minimum Gasteiger partial charge on any atom is -0.297 e. The lowest BCUT2D eigenvalue weighted by atomic mass is 10.1. The van der Waals surface area contributed by atoms with Gasteiger partial charge in [-0.05, 0) is 23.9 Å². The molecule has 0 aliphatic carbocycles. The van der Waals surface area contributed by atoms with Gasteiger partial charge in [0.15, 0.2) is 6.29 Å². The summed E-state index contributed by atoms with van der Waals surface area (Å²) in [5.74, 6) is 0. The van der Waals surface area contributed by atoms with Crippen LogP contribution in [0.2, 0.25) is 0 Å². The summed E-state index contributed by atoms with van der Waals surface area (Å²) in [6, 6.07) is 10.2. The molecule has 2 aromatic rings. The average molecular weight is 202 g/mol. The number of aldehydes is 1. The van der Waals surface area contributed by atoms with Crippen LogP contribution in [-0.4, -0.2) is 6.29 Å². The summed E-state index contributed by atoms with van der Waals surface area (Å²) in [4.78, 5) is 11.5. The predicted molar refractivity (Wildman–Crippen MR) is 59.9 cm³/mol. The highest BCUT2D eigenvalue weighted by Gasteiger charge is 2.04. The molecule has 0 fully saturated rings. The maximum absolute atomic E-state index is 10.7. The molecule has 0 amide bonds. The van der Waals surface area contributed by atoms with Gasteiger partial charge in [-0.15, -0.1) is 11.3 Å². The van der Waals surface area contributed by atoms with Crippen LogP contribution in [0.3, 0.4) is 0 Å². The number of aryl methyl sites for hydroxylation is 1. The first-order valence-electron chi connectivity index (χ1n) is 4.41. The minimum atomic E-state index is 0.800. The molecule has 1 aromatic heterocycles. The van der Waals surface area contributed by atoms with E-state index in [1.807, 2.05) is 23.6 Å². The molecule has 0 spiro atoms. The molecule has 2 rings (SSSR count). The van der Waals surface area contributed by atoms with E-state index in [1.54, 1.807) is 0 Å².